The topological polar surface area (TPSA) is 75.7 Å². The van der Waals surface area contributed by atoms with Gasteiger partial charge in [-0.3, -0.25) is 9.59 Å². The highest BCUT2D eigenvalue weighted by Crippen LogP contribution is 2.36. The predicted octanol–water partition coefficient (Wildman–Crippen LogP) is 4.62. The molecule has 33 heavy (non-hydrogen) atoms. The van der Waals surface area contributed by atoms with Gasteiger partial charge < -0.3 is 15.0 Å². The van der Waals surface area contributed by atoms with Crippen molar-refractivity contribution in [2.45, 2.75) is 19.8 Å². The molecule has 1 saturated heterocycles. The Morgan fingerprint density at radius 2 is 1.79 bits per heavy atom. The summed E-state index contributed by atoms with van der Waals surface area (Å²) >= 11 is 1.29. The van der Waals surface area contributed by atoms with E-state index in [9.17, 15) is 14.4 Å². The van der Waals surface area contributed by atoms with Gasteiger partial charge in [-0.25, -0.2) is 4.79 Å². The van der Waals surface area contributed by atoms with Gasteiger partial charge in [-0.2, -0.15) is 0 Å². The summed E-state index contributed by atoms with van der Waals surface area (Å²) in [5, 5.41) is 5.20. The first-order valence-electron chi connectivity index (χ1n) is 11.0. The molecule has 0 bridgehead atoms. The zero-order valence-corrected chi connectivity index (χ0v) is 19.3. The maximum atomic E-state index is 13.0. The Morgan fingerprint density at radius 1 is 1.09 bits per heavy atom. The van der Waals surface area contributed by atoms with Crippen LogP contribution >= 0.6 is 11.3 Å². The number of carbonyl (C=O) groups excluding carboxylic acids is 3. The van der Waals surface area contributed by atoms with Crippen LogP contribution in [-0.2, 0) is 20.7 Å². The number of hydrogen-bond donors (Lipinski definition) is 1. The van der Waals surface area contributed by atoms with Gasteiger partial charge >= 0.3 is 5.97 Å². The van der Waals surface area contributed by atoms with Crippen molar-refractivity contribution < 1.29 is 19.1 Å². The van der Waals surface area contributed by atoms with Crippen LogP contribution in [0, 0.1) is 5.92 Å². The zero-order chi connectivity index (χ0) is 23.2. The minimum absolute atomic E-state index is 0.0205. The number of nitrogens with one attached hydrogen (secondary N) is 1. The average molecular weight is 463 g/mol. The van der Waals surface area contributed by atoms with E-state index in [0.29, 0.717) is 23.7 Å². The highest BCUT2D eigenvalue weighted by atomic mass is 32.1. The molecule has 2 heterocycles. The number of likely N-dealkylation sites (tertiary alicyclic amines) is 1. The summed E-state index contributed by atoms with van der Waals surface area (Å²) in [5.41, 5.74) is 3.11. The molecule has 4 rings (SSSR count). The van der Waals surface area contributed by atoms with Gasteiger partial charge in [0.2, 0.25) is 11.8 Å². The van der Waals surface area contributed by atoms with Crippen molar-refractivity contribution in [3.63, 3.8) is 0 Å². The fourth-order valence-corrected chi connectivity index (χ4v) is 4.93. The number of anilines is 1. The average Bonchev–Trinajstić information content (AvgIpc) is 3.42. The van der Waals surface area contributed by atoms with Gasteiger partial charge in [0.25, 0.3) is 0 Å². The van der Waals surface area contributed by atoms with Gasteiger partial charge in [0.1, 0.15) is 10.6 Å². The van der Waals surface area contributed by atoms with E-state index in [1.165, 1.54) is 11.3 Å². The summed E-state index contributed by atoms with van der Waals surface area (Å²) in [6.45, 7) is 2.95. The van der Waals surface area contributed by atoms with Crippen LogP contribution in [-0.4, -0.2) is 42.4 Å². The van der Waals surface area contributed by atoms with Crippen LogP contribution < -0.4 is 5.32 Å². The van der Waals surface area contributed by atoms with E-state index in [0.717, 1.165) is 23.1 Å². The van der Waals surface area contributed by atoms with Crippen molar-refractivity contribution in [2.75, 3.05) is 25.0 Å². The Kier molecular flexibility index (Phi) is 7.19. The Balaban J connectivity index is 1.46. The summed E-state index contributed by atoms with van der Waals surface area (Å²) < 4.78 is 5.26. The molecule has 0 aliphatic carbocycles. The third kappa shape index (κ3) is 5.31. The molecule has 1 N–H and O–H groups in total. The second-order valence-corrected chi connectivity index (χ2v) is 8.79. The molecule has 2 aromatic carbocycles. The standard InChI is InChI=1S/C26H26N2O4S/c1-2-32-26(31)23-21(19-11-7-4-8-12-19)17-33-25(23)27-24(30)20-15-22(29)28(16-20)14-13-18-9-5-3-6-10-18/h3-12,17,20H,2,13-16H2,1H3,(H,27,30). The Labute approximate surface area is 197 Å². The van der Waals surface area contributed by atoms with Gasteiger partial charge in [0, 0.05) is 30.5 Å². The van der Waals surface area contributed by atoms with Gasteiger partial charge in [-0.1, -0.05) is 60.7 Å². The normalized spacial score (nSPS) is 15.5. The van der Waals surface area contributed by atoms with E-state index in [-0.39, 0.29) is 24.8 Å². The quantitative estimate of drug-likeness (QED) is 0.496. The smallest absolute Gasteiger partial charge is 0.341 e. The third-order valence-corrected chi connectivity index (χ3v) is 6.59. The van der Waals surface area contributed by atoms with E-state index in [2.05, 4.69) is 5.32 Å². The number of amides is 2. The fourth-order valence-electron chi connectivity index (χ4n) is 3.97. The Morgan fingerprint density at radius 3 is 2.48 bits per heavy atom. The monoisotopic (exact) mass is 462 g/mol. The second kappa shape index (κ2) is 10.4. The molecular weight excluding hydrogens is 436 g/mol. The minimum Gasteiger partial charge on any atom is -0.462 e. The Bertz CT molecular complexity index is 1130. The molecule has 3 aromatic rings. The highest BCUT2D eigenvalue weighted by Gasteiger charge is 2.35. The molecule has 6 nitrogen and oxygen atoms in total. The van der Waals surface area contributed by atoms with E-state index >= 15 is 0 Å². The van der Waals surface area contributed by atoms with Crippen LogP contribution in [0.15, 0.2) is 66.0 Å². The number of rotatable bonds is 8. The molecule has 0 radical (unpaired) electrons. The number of carbonyl (C=O) groups is 3. The summed E-state index contributed by atoms with van der Waals surface area (Å²) in [6.07, 6.45) is 0.922. The molecule has 7 heteroatoms. The number of nitrogens with zero attached hydrogens (tertiary/aromatic N) is 1. The van der Waals surface area contributed by atoms with Gasteiger partial charge in [0.15, 0.2) is 0 Å². The largest absolute Gasteiger partial charge is 0.462 e. The first kappa shape index (κ1) is 22.7. The highest BCUT2D eigenvalue weighted by molar-refractivity contribution is 7.15. The maximum absolute atomic E-state index is 13.0. The first-order valence-corrected chi connectivity index (χ1v) is 11.9. The molecule has 1 aromatic heterocycles. The van der Waals surface area contributed by atoms with Gasteiger partial charge in [0.05, 0.1) is 12.5 Å². The minimum atomic E-state index is -0.472. The van der Waals surface area contributed by atoms with Crippen molar-refractivity contribution >= 4 is 34.1 Å². The number of benzene rings is 2. The first-order chi connectivity index (χ1) is 16.1. The van der Waals surface area contributed by atoms with Gasteiger partial charge in [-0.05, 0) is 24.5 Å². The van der Waals surface area contributed by atoms with Crippen LogP contribution in [0.3, 0.4) is 0 Å². The van der Waals surface area contributed by atoms with Crippen molar-refractivity contribution in [1.82, 2.24) is 4.90 Å². The Hall–Kier alpha value is -3.45. The molecule has 0 spiro atoms. The van der Waals surface area contributed by atoms with E-state index in [4.69, 9.17) is 4.74 Å². The van der Waals surface area contributed by atoms with Gasteiger partial charge in [-0.15, -0.1) is 11.3 Å². The van der Waals surface area contributed by atoms with Crippen LogP contribution in [0.1, 0.15) is 29.3 Å². The number of ether oxygens (including phenoxy) is 1. The molecule has 1 fully saturated rings. The van der Waals surface area contributed by atoms with E-state index in [1.54, 1.807) is 11.8 Å². The molecule has 1 unspecified atom stereocenters. The maximum Gasteiger partial charge on any atom is 0.341 e. The van der Waals surface area contributed by atoms with E-state index < -0.39 is 11.9 Å². The molecule has 2 amide bonds. The number of hydrogen-bond acceptors (Lipinski definition) is 5. The summed E-state index contributed by atoms with van der Waals surface area (Å²) in [5.74, 6) is -1.20. The summed E-state index contributed by atoms with van der Waals surface area (Å²) in [6, 6.07) is 19.5. The summed E-state index contributed by atoms with van der Waals surface area (Å²) in [4.78, 5) is 40.0. The molecule has 0 saturated carbocycles. The predicted molar refractivity (Wildman–Crippen MR) is 129 cm³/mol. The lowest BCUT2D eigenvalue weighted by atomic mass is 10.0. The lowest BCUT2D eigenvalue weighted by molar-refractivity contribution is -0.128. The van der Waals surface area contributed by atoms with Crippen molar-refractivity contribution in [3.05, 3.63) is 77.2 Å². The lowest BCUT2D eigenvalue weighted by Gasteiger charge is -2.16. The van der Waals surface area contributed by atoms with Crippen molar-refractivity contribution in [3.8, 4) is 11.1 Å². The van der Waals surface area contributed by atoms with Crippen molar-refractivity contribution in [1.29, 1.82) is 0 Å². The summed E-state index contributed by atoms with van der Waals surface area (Å²) in [7, 11) is 0. The SMILES string of the molecule is CCOC(=O)c1c(-c2ccccc2)csc1NC(=O)C1CC(=O)N(CCc2ccccc2)C1. The lowest BCUT2D eigenvalue weighted by Crippen LogP contribution is -2.30. The molecule has 1 aliphatic rings. The van der Waals surface area contributed by atoms with Crippen molar-refractivity contribution in [2.24, 2.45) is 5.92 Å². The van der Waals surface area contributed by atoms with Crippen LogP contribution in [0.25, 0.3) is 11.1 Å². The third-order valence-electron chi connectivity index (χ3n) is 5.69. The molecule has 1 aliphatic heterocycles. The molecule has 170 valence electrons. The van der Waals surface area contributed by atoms with Crippen LogP contribution in [0.4, 0.5) is 5.00 Å². The zero-order valence-electron chi connectivity index (χ0n) is 18.5. The van der Waals surface area contributed by atoms with Crippen LogP contribution in [0.5, 0.6) is 0 Å². The fraction of sp³-hybridized carbons (Fsp3) is 0.269. The second-order valence-electron chi connectivity index (χ2n) is 7.91. The number of esters is 1. The molecular formula is C26H26N2O4S. The van der Waals surface area contributed by atoms with E-state index in [1.807, 2.05) is 66.0 Å². The molecule has 1 atom stereocenters. The van der Waals surface area contributed by atoms with Crippen LogP contribution in [0.2, 0.25) is 0 Å². The number of thiophene rings is 1.